The second kappa shape index (κ2) is 37.8. The van der Waals surface area contributed by atoms with Crippen LogP contribution >= 0.6 is 0 Å². The minimum atomic E-state index is -1.97. The van der Waals surface area contributed by atoms with Crippen LogP contribution in [0.2, 0.25) is 0 Å². The Kier molecular flexibility index (Phi) is 30.9. The Morgan fingerprint density at radius 3 is 0.844 bits per heavy atom. The van der Waals surface area contributed by atoms with Gasteiger partial charge in [-0.25, -0.2) is 19.2 Å². The Balaban J connectivity index is 1.05. The summed E-state index contributed by atoms with van der Waals surface area (Å²) in [6.07, 6.45) is -35.3. The monoisotopic (exact) mass is 1310 g/mol. The summed E-state index contributed by atoms with van der Waals surface area (Å²) in [5.74, 6) is 0. The van der Waals surface area contributed by atoms with Gasteiger partial charge in [-0.3, -0.25) is 0 Å². The molecule has 13 aliphatic heterocycles. The second-order valence-corrected chi connectivity index (χ2v) is 21.9. The Labute approximate surface area is 517 Å². The molecule has 0 aromatic rings. The average Bonchev–Trinajstić information content (AvgIpc) is 1.20. The van der Waals surface area contributed by atoms with Crippen molar-refractivity contribution in [1.29, 1.82) is 0 Å². The number of urea groups is 4. The van der Waals surface area contributed by atoms with E-state index in [4.69, 9.17) is 66.3 Å². The van der Waals surface area contributed by atoms with Gasteiger partial charge in [0.25, 0.3) is 0 Å². The summed E-state index contributed by atoms with van der Waals surface area (Å²) in [7, 11) is 0. The summed E-state index contributed by atoms with van der Waals surface area (Å²) in [6, 6.07) is -2.97. The van der Waals surface area contributed by atoms with E-state index in [1.807, 2.05) is 0 Å². The van der Waals surface area contributed by atoms with E-state index in [9.17, 15) is 80.5 Å². The number of hydrogen-bond donors (Lipinski definition) is 16. The maximum absolute atomic E-state index is 13.8. The van der Waals surface area contributed by atoms with Gasteiger partial charge in [0.2, 0.25) is 0 Å². The van der Waals surface area contributed by atoms with Gasteiger partial charge in [-0.05, 0) is 0 Å². The molecule has 0 aromatic carbocycles. The molecule has 0 saturated carbocycles. The highest BCUT2D eigenvalue weighted by molar-refractivity contribution is 5.75. The van der Waals surface area contributed by atoms with Crippen molar-refractivity contribution in [3.63, 3.8) is 0 Å². The van der Waals surface area contributed by atoms with Gasteiger partial charge in [0.15, 0.2) is 25.0 Å². The summed E-state index contributed by atoms with van der Waals surface area (Å²) in [5.41, 5.74) is 0. The smallest absolute Gasteiger partial charge is 0.319 e. The third-order valence-electron chi connectivity index (χ3n) is 15.8. The molecule has 0 aromatic heterocycles. The predicted molar refractivity (Wildman–Crippen MR) is 295 cm³/mol. The van der Waals surface area contributed by atoms with Crippen molar-refractivity contribution in [2.24, 2.45) is 0 Å². The number of nitrogens with zero attached hydrogens (tertiary/aromatic N) is 4. The molecule has 8 unspecified atom stereocenters. The van der Waals surface area contributed by atoms with Crippen molar-refractivity contribution in [3.8, 4) is 0 Å². The number of hydrogen-bond acceptors (Lipinski definition) is 30. The zero-order chi connectivity index (χ0) is 64.7. The predicted octanol–water partition coefficient (Wildman–Crippen LogP) is -10.5. The van der Waals surface area contributed by atoms with E-state index in [1.54, 1.807) is 0 Å². The molecule has 12 bridgehead atoms. The molecule has 20 atom stereocenters. The van der Waals surface area contributed by atoms with E-state index in [0.717, 1.165) is 0 Å². The van der Waals surface area contributed by atoms with Gasteiger partial charge < -0.3 is 168 Å². The molecule has 90 heavy (non-hydrogen) atoms. The number of amides is 8. The number of aliphatic hydroxyl groups excluding tert-OH is 12. The van der Waals surface area contributed by atoms with Crippen LogP contribution in [0.25, 0.3) is 0 Å². The van der Waals surface area contributed by atoms with Crippen molar-refractivity contribution in [1.82, 2.24) is 40.9 Å². The van der Waals surface area contributed by atoms with Gasteiger partial charge in [-0.2, -0.15) is 0 Å². The van der Waals surface area contributed by atoms with Crippen LogP contribution in [0, 0.1) is 0 Å². The van der Waals surface area contributed by atoms with Gasteiger partial charge in [-0.15, -0.1) is 0 Å². The molecule has 520 valence electrons. The van der Waals surface area contributed by atoms with E-state index in [0.29, 0.717) is 0 Å². The highest BCUT2D eigenvalue weighted by atomic mass is 16.7. The minimum absolute atomic E-state index is 0.00465. The zero-order valence-electron chi connectivity index (χ0n) is 49.8. The van der Waals surface area contributed by atoms with Gasteiger partial charge in [0, 0.05) is 65.4 Å². The molecule has 13 fully saturated rings. The first-order valence-electron chi connectivity index (χ1n) is 30.2. The van der Waals surface area contributed by atoms with Gasteiger partial charge in [0.1, 0.15) is 97.7 Å². The summed E-state index contributed by atoms with van der Waals surface area (Å²) in [4.78, 5) is 60.1. The number of ether oxygens (including phenoxy) is 14. The van der Waals surface area contributed by atoms with Crippen LogP contribution in [0.3, 0.4) is 0 Å². The number of carbonyl (C=O) groups excluding carboxylic acids is 4. The van der Waals surface area contributed by atoms with Crippen LogP contribution in [0.4, 0.5) is 19.2 Å². The van der Waals surface area contributed by atoms with Gasteiger partial charge >= 0.3 is 24.1 Å². The lowest BCUT2D eigenvalue weighted by Gasteiger charge is -2.46. The van der Waals surface area contributed by atoms with Crippen LogP contribution in [-0.2, 0) is 66.3 Å². The lowest BCUT2D eigenvalue weighted by Crippen LogP contribution is -2.67. The number of aliphatic hydroxyl groups is 12. The molecular weight excluding hydrogens is 1220 g/mol. The van der Waals surface area contributed by atoms with Crippen LogP contribution in [0.15, 0.2) is 0 Å². The topological polar surface area (TPSA) is 501 Å². The summed E-state index contributed by atoms with van der Waals surface area (Å²) >= 11 is 0. The molecular formula is C52H92N8O30. The van der Waals surface area contributed by atoms with E-state index >= 15 is 0 Å². The first-order valence-corrected chi connectivity index (χ1v) is 30.2. The van der Waals surface area contributed by atoms with E-state index in [2.05, 4.69) is 21.3 Å². The van der Waals surface area contributed by atoms with Crippen molar-refractivity contribution >= 4 is 24.1 Å². The maximum Gasteiger partial charge on any atom is 0.319 e. The highest BCUT2D eigenvalue weighted by Crippen LogP contribution is 2.31. The SMILES string of the molecule is O=C1NC[C@@H]2O[C@@H](O[C@H]3C(O)C(O)[C@H](NC(=O)N4CCOCCOCCN(CCOCCOCC4)C(=O)NC[C@@H]4O[C@@H](O[C@H]5C(O)C(O)[C@H](NC(=O)N6CCOCCOCCN1CCOCCOCC6)O[C@H]5CO)C(O)C(O)[C@@H]4O)O[C@H]3CO)C(O)C(O)[C@@H]2O. The summed E-state index contributed by atoms with van der Waals surface area (Å²) in [6.45, 7) is -2.63. The Morgan fingerprint density at radius 1 is 0.311 bits per heavy atom. The van der Waals surface area contributed by atoms with Crippen molar-refractivity contribution in [3.05, 3.63) is 0 Å². The fourth-order valence-corrected chi connectivity index (χ4v) is 10.4. The summed E-state index contributed by atoms with van der Waals surface area (Å²) < 4.78 is 80.8. The fraction of sp³-hybridized carbons (Fsp3) is 0.923. The average molecular weight is 1310 g/mol. The molecule has 13 saturated heterocycles. The van der Waals surface area contributed by atoms with E-state index in [-0.39, 0.29) is 158 Å². The number of nitrogens with one attached hydrogen (secondary N) is 4. The largest absolute Gasteiger partial charge is 0.394 e. The van der Waals surface area contributed by atoms with Crippen LogP contribution < -0.4 is 21.3 Å². The van der Waals surface area contributed by atoms with E-state index in [1.165, 1.54) is 19.6 Å². The van der Waals surface area contributed by atoms with Gasteiger partial charge in [-0.1, -0.05) is 0 Å². The quantitative estimate of drug-likeness (QED) is 0.122. The standard InChI is InChI=1S/C52H92N8O30/c61-27-31-43-37(67)39(69)46(85-31)56-52(76)60-7-15-83-23-19-79-11-3-58(4-12-80-20-24-84-16-8-60)50(74)54-26-30-34(64)36(66)42(72)48(88-30)90-44-32(28-62)86-45(40(70)38(44)68)55-51(75)59-5-13-81-21-17-77-9-1-57(2-10-78-18-22-82-14-6-59)49(73)53-25-29-33(63)35(65)41(71)47(87-29)89-43/h29-48,61-72H,1-28H2,(H,53,73)(H,54,74)(H,55,75)(H,56,76)/t29-,30-,31-,32-,33+,34+,35?,36?,37?,38?,39?,40?,41?,42?,43+,44+,45+,46+,47-,48-/m0/s1. The van der Waals surface area contributed by atoms with Crippen LogP contribution in [0.5, 0.6) is 0 Å². The first-order chi connectivity index (χ1) is 43.4. The minimum Gasteiger partial charge on any atom is -0.394 e. The normalized spacial score (nSPS) is 39.3. The van der Waals surface area contributed by atoms with Crippen molar-refractivity contribution in [2.75, 3.05) is 184 Å². The molecule has 0 radical (unpaired) electrons. The number of carbonyl (C=O) groups is 4. The molecule has 8 amide bonds. The Morgan fingerprint density at radius 2 is 0.578 bits per heavy atom. The second-order valence-electron chi connectivity index (χ2n) is 21.9. The molecule has 0 aliphatic carbocycles. The molecule has 13 rings (SSSR count). The number of rotatable bonds is 2. The Hall–Kier alpha value is -3.96. The molecule has 38 nitrogen and oxygen atoms in total. The summed E-state index contributed by atoms with van der Waals surface area (Å²) in [5, 5.41) is 142. The zero-order valence-corrected chi connectivity index (χ0v) is 49.8. The lowest BCUT2D eigenvalue weighted by molar-refractivity contribution is -0.339. The molecule has 0 spiro atoms. The highest BCUT2D eigenvalue weighted by Gasteiger charge is 2.53. The lowest BCUT2D eigenvalue weighted by atomic mass is 9.96. The molecule has 38 heteroatoms. The third-order valence-corrected chi connectivity index (χ3v) is 15.8. The maximum atomic E-state index is 13.8. The molecule has 13 aliphatic rings. The van der Waals surface area contributed by atoms with Crippen LogP contribution in [-0.4, -0.2) is 412 Å². The third kappa shape index (κ3) is 21.0. The van der Waals surface area contributed by atoms with Crippen molar-refractivity contribution < 1.29 is 147 Å². The fourth-order valence-electron chi connectivity index (χ4n) is 10.4. The first kappa shape index (κ1) is 73.5. The van der Waals surface area contributed by atoms with Crippen LogP contribution in [0.1, 0.15) is 0 Å². The molecule has 13 heterocycles. The van der Waals surface area contributed by atoms with E-state index < -0.39 is 173 Å². The molecule has 16 N–H and O–H groups in total. The van der Waals surface area contributed by atoms with Gasteiger partial charge in [0.05, 0.1) is 119 Å². The van der Waals surface area contributed by atoms with Crippen molar-refractivity contribution in [2.45, 2.75) is 123 Å². The Bertz CT molecular complexity index is 1950.